The second-order valence-corrected chi connectivity index (χ2v) is 6.93. The third kappa shape index (κ3) is 5.28. The Morgan fingerprint density at radius 3 is 1.96 bits per heavy atom. The zero-order valence-electron chi connectivity index (χ0n) is 15.9. The number of likely N-dealkylation sites (N-methyl/N-ethyl adjacent to an activating group) is 1. The van der Waals surface area contributed by atoms with Crippen LogP contribution >= 0.6 is 0 Å². The van der Waals surface area contributed by atoms with Crippen LogP contribution in [0.4, 0.5) is 0 Å². The molecule has 3 heteroatoms. The smallest absolute Gasteiger partial charge is 0.224 e. The summed E-state index contributed by atoms with van der Waals surface area (Å²) < 4.78 is 0. The third-order valence-electron chi connectivity index (χ3n) is 4.73. The van der Waals surface area contributed by atoms with Gasteiger partial charge >= 0.3 is 0 Å². The molecule has 3 aromatic rings. The van der Waals surface area contributed by atoms with E-state index in [2.05, 4.69) is 46.6 Å². The maximum absolute atomic E-state index is 12.4. The van der Waals surface area contributed by atoms with Gasteiger partial charge in [0.05, 0.1) is 12.5 Å². The van der Waals surface area contributed by atoms with E-state index in [4.69, 9.17) is 0 Å². The van der Waals surface area contributed by atoms with Crippen LogP contribution in [-0.4, -0.2) is 31.4 Å². The highest BCUT2D eigenvalue weighted by Gasteiger charge is 2.15. The Kier molecular flexibility index (Phi) is 6.39. The van der Waals surface area contributed by atoms with Gasteiger partial charge in [-0.15, -0.1) is 0 Å². The van der Waals surface area contributed by atoms with Gasteiger partial charge in [-0.05, 0) is 36.3 Å². The SMILES string of the molecule is CN(C)[C@H](CNC(=O)Cc1ccc(-c2ccccc2)cc1)c1ccccc1. The maximum Gasteiger partial charge on any atom is 0.224 e. The van der Waals surface area contributed by atoms with Crippen molar-refractivity contribution in [3.63, 3.8) is 0 Å². The molecule has 3 nitrogen and oxygen atoms in total. The van der Waals surface area contributed by atoms with Crippen LogP contribution in [0.1, 0.15) is 17.2 Å². The highest BCUT2D eigenvalue weighted by molar-refractivity contribution is 5.79. The average molecular weight is 358 g/mol. The Morgan fingerprint density at radius 2 is 1.37 bits per heavy atom. The number of rotatable bonds is 7. The Bertz CT molecular complexity index is 843. The molecule has 0 heterocycles. The van der Waals surface area contributed by atoms with E-state index in [1.807, 2.05) is 62.6 Å². The molecule has 0 aliphatic carbocycles. The van der Waals surface area contributed by atoms with Crippen LogP contribution in [0.5, 0.6) is 0 Å². The normalized spacial score (nSPS) is 12.0. The molecular formula is C24H26N2O. The van der Waals surface area contributed by atoms with Gasteiger partial charge in [0, 0.05) is 6.54 Å². The molecule has 3 rings (SSSR count). The van der Waals surface area contributed by atoms with Crippen molar-refractivity contribution in [3.8, 4) is 11.1 Å². The molecular weight excluding hydrogens is 332 g/mol. The highest BCUT2D eigenvalue weighted by atomic mass is 16.1. The van der Waals surface area contributed by atoms with Gasteiger partial charge in [0.15, 0.2) is 0 Å². The van der Waals surface area contributed by atoms with E-state index < -0.39 is 0 Å². The molecule has 27 heavy (non-hydrogen) atoms. The lowest BCUT2D eigenvalue weighted by Crippen LogP contribution is -2.35. The first kappa shape index (κ1) is 18.9. The number of hydrogen-bond acceptors (Lipinski definition) is 2. The van der Waals surface area contributed by atoms with Crippen LogP contribution in [0.2, 0.25) is 0 Å². The van der Waals surface area contributed by atoms with E-state index in [0.717, 1.165) is 11.1 Å². The van der Waals surface area contributed by atoms with Crippen molar-refractivity contribution in [2.24, 2.45) is 0 Å². The molecule has 0 unspecified atom stereocenters. The Morgan fingerprint density at radius 1 is 0.815 bits per heavy atom. The standard InChI is InChI=1S/C24H26N2O/c1-26(2)23(22-11-7-4-8-12-22)18-25-24(27)17-19-13-15-21(16-14-19)20-9-5-3-6-10-20/h3-16,23H,17-18H2,1-2H3,(H,25,27)/t23-/m1/s1. The van der Waals surface area contributed by atoms with E-state index in [1.165, 1.54) is 11.1 Å². The number of amides is 1. The third-order valence-corrected chi connectivity index (χ3v) is 4.73. The number of nitrogens with one attached hydrogen (secondary N) is 1. The summed E-state index contributed by atoms with van der Waals surface area (Å²) in [6.07, 6.45) is 0.393. The van der Waals surface area contributed by atoms with Gasteiger partial charge in [-0.25, -0.2) is 0 Å². The lowest BCUT2D eigenvalue weighted by atomic mass is 10.0. The number of carbonyl (C=O) groups excluding carboxylic acids is 1. The van der Waals surface area contributed by atoms with Crippen molar-refractivity contribution < 1.29 is 4.79 Å². The minimum Gasteiger partial charge on any atom is -0.354 e. The molecule has 3 aromatic carbocycles. The summed E-state index contributed by atoms with van der Waals surface area (Å²) in [5, 5.41) is 3.08. The van der Waals surface area contributed by atoms with Crippen LogP contribution in [0, 0.1) is 0 Å². The predicted octanol–water partition coefficient (Wildman–Crippen LogP) is 4.32. The maximum atomic E-state index is 12.4. The fourth-order valence-electron chi connectivity index (χ4n) is 3.18. The predicted molar refractivity (Wildman–Crippen MR) is 111 cm³/mol. The van der Waals surface area contributed by atoms with Gasteiger partial charge in [-0.2, -0.15) is 0 Å². The summed E-state index contributed by atoms with van der Waals surface area (Å²) in [5.41, 5.74) is 4.57. The molecule has 1 N–H and O–H groups in total. The van der Waals surface area contributed by atoms with E-state index in [1.54, 1.807) is 0 Å². The molecule has 0 radical (unpaired) electrons. The van der Waals surface area contributed by atoms with E-state index in [-0.39, 0.29) is 11.9 Å². The van der Waals surface area contributed by atoms with Crippen molar-refractivity contribution in [1.82, 2.24) is 10.2 Å². The molecule has 0 aliphatic heterocycles. The van der Waals surface area contributed by atoms with Gasteiger partial charge in [0.25, 0.3) is 0 Å². The summed E-state index contributed by atoms with van der Waals surface area (Å²) >= 11 is 0. The second-order valence-electron chi connectivity index (χ2n) is 6.93. The molecule has 0 aromatic heterocycles. The monoisotopic (exact) mass is 358 g/mol. The van der Waals surface area contributed by atoms with Crippen molar-refractivity contribution >= 4 is 5.91 Å². The van der Waals surface area contributed by atoms with Crippen LogP contribution < -0.4 is 5.32 Å². The fraction of sp³-hybridized carbons (Fsp3) is 0.208. The number of carbonyl (C=O) groups is 1. The van der Waals surface area contributed by atoms with Crippen LogP contribution in [0.3, 0.4) is 0 Å². The molecule has 138 valence electrons. The molecule has 0 spiro atoms. The number of nitrogens with zero attached hydrogens (tertiary/aromatic N) is 1. The van der Waals surface area contributed by atoms with Gasteiger partial charge in [-0.1, -0.05) is 84.9 Å². The summed E-state index contributed by atoms with van der Waals surface area (Å²) in [4.78, 5) is 14.5. The number of benzene rings is 3. The van der Waals surface area contributed by atoms with E-state index in [9.17, 15) is 4.79 Å². The summed E-state index contributed by atoms with van der Waals surface area (Å²) in [6, 6.07) is 28.9. The average Bonchev–Trinajstić information content (AvgIpc) is 2.70. The molecule has 0 fully saturated rings. The zero-order chi connectivity index (χ0) is 19.1. The van der Waals surface area contributed by atoms with Gasteiger partial charge in [0.2, 0.25) is 5.91 Å². The largest absolute Gasteiger partial charge is 0.354 e. The minimum atomic E-state index is 0.0465. The van der Waals surface area contributed by atoms with Gasteiger partial charge < -0.3 is 10.2 Å². The Labute approximate surface area is 161 Å². The molecule has 0 bridgehead atoms. The molecule has 0 aliphatic rings. The first-order valence-corrected chi connectivity index (χ1v) is 9.26. The minimum absolute atomic E-state index is 0.0465. The van der Waals surface area contributed by atoms with Crippen molar-refractivity contribution in [1.29, 1.82) is 0 Å². The Hall–Kier alpha value is -2.91. The molecule has 0 saturated heterocycles. The quantitative estimate of drug-likeness (QED) is 0.682. The van der Waals surface area contributed by atoms with E-state index >= 15 is 0 Å². The fourth-order valence-corrected chi connectivity index (χ4v) is 3.18. The zero-order valence-corrected chi connectivity index (χ0v) is 15.9. The van der Waals surface area contributed by atoms with Gasteiger partial charge in [0.1, 0.15) is 0 Å². The molecule has 0 saturated carbocycles. The van der Waals surface area contributed by atoms with Gasteiger partial charge in [-0.3, -0.25) is 4.79 Å². The second kappa shape index (κ2) is 9.15. The van der Waals surface area contributed by atoms with Crippen LogP contribution in [0.25, 0.3) is 11.1 Å². The molecule has 1 atom stereocenters. The van der Waals surface area contributed by atoms with E-state index in [0.29, 0.717) is 13.0 Å². The Balaban J connectivity index is 1.57. The van der Waals surface area contributed by atoms with Crippen LogP contribution in [0.15, 0.2) is 84.9 Å². The lowest BCUT2D eigenvalue weighted by molar-refractivity contribution is -0.120. The lowest BCUT2D eigenvalue weighted by Gasteiger charge is -2.25. The van der Waals surface area contributed by atoms with Crippen LogP contribution in [-0.2, 0) is 11.2 Å². The topological polar surface area (TPSA) is 32.3 Å². The highest BCUT2D eigenvalue weighted by Crippen LogP contribution is 2.20. The molecule has 1 amide bonds. The summed E-state index contributed by atoms with van der Waals surface area (Å²) in [7, 11) is 4.07. The van der Waals surface area contributed by atoms with Crippen molar-refractivity contribution in [2.75, 3.05) is 20.6 Å². The number of hydrogen-bond donors (Lipinski definition) is 1. The first-order valence-electron chi connectivity index (χ1n) is 9.26. The van der Waals surface area contributed by atoms with Crippen molar-refractivity contribution in [2.45, 2.75) is 12.5 Å². The van der Waals surface area contributed by atoms with Crippen molar-refractivity contribution in [3.05, 3.63) is 96.1 Å². The first-order chi connectivity index (χ1) is 13.1. The summed E-state index contributed by atoms with van der Waals surface area (Å²) in [5.74, 6) is 0.0465. The summed E-state index contributed by atoms with van der Waals surface area (Å²) in [6.45, 7) is 0.595.